The monoisotopic (exact) mass is 581 g/mol. The summed E-state index contributed by atoms with van der Waals surface area (Å²) < 4.78 is 10.6. The van der Waals surface area contributed by atoms with Crippen molar-refractivity contribution in [2.75, 3.05) is 20.2 Å². The van der Waals surface area contributed by atoms with Gasteiger partial charge in [0.2, 0.25) is 11.8 Å². The molecule has 1 atom stereocenters. The summed E-state index contributed by atoms with van der Waals surface area (Å²) in [6, 6.07) is 14.0. The van der Waals surface area contributed by atoms with Crippen LogP contribution in [0.3, 0.4) is 0 Å². The van der Waals surface area contributed by atoms with E-state index in [-0.39, 0.29) is 18.9 Å². The Balaban J connectivity index is 1.33. The van der Waals surface area contributed by atoms with Gasteiger partial charge >= 0.3 is 18.1 Å². The van der Waals surface area contributed by atoms with Gasteiger partial charge in [0.25, 0.3) is 0 Å². The van der Waals surface area contributed by atoms with E-state index in [0.29, 0.717) is 19.4 Å². The molecule has 0 bridgehead atoms. The van der Waals surface area contributed by atoms with Crippen molar-refractivity contribution in [3.05, 3.63) is 59.7 Å². The predicted molar refractivity (Wildman–Crippen MR) is 155 cm³/mol. The number of rotatable bonds is 11. The van der Waals surface area contributed by atoms with Crippen molar-refractivity contribution in [1.82, 2.24) is 21.1 Å². The molecule has 2 aromatic carbocycles. The maximum Gasteiger partial charge on any atom is 0.407 e. The predicted octanol–water partition coefficient (Wildman–Crippen LogP) is 2.95. The first-order valence-electron chi connectivity index (χ1n) is 13.8. The highest BCUT2D eigenvalue weighted by Gasteiger charge is 2.29. The number of hydrazine groups is 1. The number of ether oxygens (including phenoxy) is 2. The number of hydrogen-bond acceptors (Lipinski definition) is 7. The topological polar surface area (TPSA) is 169 Å². The van der Waals surface area contributed by atoms with Gasteiger partial charge in [0, 0.05) is 25.9 Å². The minimum atomic E-state index is -1.31. The molecule has 0 saturated heterocycles. The zero-order chi connectivity index (χ0) is 30.9. The summed E-state index contributed by atoms with van der Waals surface area (Å²) in [6.07, 6.45) is 0.0669. The lowest BCUT2D eigenvalue weighted by molar-refractivity contribution is -0.156. The van der Waals surface area contributed by atoms with Crippen LogP contribution >= 0.6 is 0 Å². The molecule has 0 aliphatic heterocycles. The molecule has 42 heavy (non-hydrogen) atoms. The molecule has 0 aromatic heterocycles. The van der Waals surface area contributed by atoms with Crippen molar-refractivity contribution in [3.8, 4) is 11.1 Å². The summed E-state index contributed by atoms with van der Waals surface area (Å²) >= 11 is 0. The fourth-order valence-electron chi connectivity index (χ4n) is 4.59. The van der Waals surface area contributed by atoms with Crippen LogP contribution in [0.5, 0.6) is 0 Å². The van der Waals surface area contributed by atoms with Crippen molar-refractivity contribution in [2.24, 2.45) is 5.73 Å². The number of nitrogens with one attached hydrogen (secondary N) is 3. The zero-order valence-electron chi connectivity index (χ0n) is 24.4. The second-order valence-electron chi connectivity index (χ2n) is 11.0. The lowest BCUT2D eigenvalue weighted by Crippen LogP contribution is -2.54. The molecule has 12 nitrogen and oxygen atoms in total. The third kappa shape index (κ3) is 9.22. The summed E-state index contributed by atoms with van der Waals surface area (Å²) in [5.74, 6) is -2.05. The summed E-state index contributed by atoms with van der Waals surface area (Å²) in [7, 11) is 1.35. The lowest BCUT2D eigenvalue weighted by atomic mass is 9.98. The van der Waals surface area contributed by atoms with E-state index in [1.807, 2.05) is 36.4 Å². The van der Waals surface area contributed by atoms with Gasteiger partial charge in [-0.3, -0.25) is 19.4 Å². The molecule has 0 radical (unpaired) electrons. The molecule has 5 N–H and O–H groups in total. The summed E-state index contributed by atoms with van der Waals surface area (Å²) in [6.45, 7) is 5.53. The number of esters is 1. The van der Waals surface area contributed by atoms with Crippen molar-refractivity contribution in [1.29, 1.82) is 0 Å². The van der Waals surface area contributed by atoms with Crippen LogP contribution in [-0.2, 0) is 23.9 Å². The number of primary amides is 1. The first kappa shape index (κ1) is 31.9. The average molecular weight is 582 g/mol. The van der Waals surface area contributed by atoms with E-state index in [4.69, 9.17) is 15.2 Å². The second kappa shape index (κ2) is 14.3. The van der Waals surface area contributed by atoms with Gasteiger partial charge in [-0.05, 0) is 55.9 Å². The van der Waals surface area contributed by atoms with Crippen LogP contribution in [0, 0.1) is 0 Å². The first-order valence-corrected chi connectivity index (χ1v) is 13.8. The average Bonchev–Trinajstić information content (AvgIpc) is 3.23. The molecule has 3 rings (SSSR count). The minimum Gasteiger partial charge on any atom is -0.460 e. The first-order chi connectivity index (χ1) is 19.9. The van der Waals surface area contributed by atoms with Crippen LogP contribution in [0.15, 0.2) is 48.5 Å². The van der Waals surface area contributed by atoms with Crippen LogP contribution < -0.4 is 21.8 Å². The third-order valence-corrected chi connectivity index (χ3v) is 6.51. The Labute approximate surface area is 245 Å². The van der Waals surface area contributed by atoms with E-state index >= 15 is 0 Å². The van der Waals surface area contributed by atoms with Crippen molar-refractivity contribution in [2.45, 2.75) is 64.0 Å². The van der Waals surface area contributed by atoms with E-state index in [1.54, 1.807) is 20.8 Å². The SMILES string of the molecule is CN(NC(=O)N[C@@H](CC(=O)OC(C)(C)C)C(N)=O)C(=O)CCCCNC(=O)OCC1c2ccccc2-c2ccccc21. The molecule has 0 heterocycles. The number of unbranched alkanes of at least 4 members (excludes halogenated alkanes) is 1. The highest BCUT2D eigenvalue weighted by Crippen LogP contribution is 2.44. The number of amides is 5. The summed E-state index contributed by atoms with van der Waals surface area (Å²) in [4.78, 5) is 60.6. The number of urea groups is 1. The fourth-order valence-corrected chi connectivity index (χ4v) is 4.59. The van der Waals surface area contributed by atoms with Crippen LogP contribution in [0.25, 0.3) is 11.1 Å². The maximum absolute atomic E-state index is 12.4. The van der Waals surface area contributed by atoms with Gasteiger partial charge in [0.15, 0.2) is 0 Å². The van der Waals surface area contributed by atoms with E-state index in [9.17, 15) is 24.0 Å². The fraction of sp³-hybridized carbons (Fsp3) is 0.433. The molecule has 5 amide bonds. The Morgan fingerprint density at radius 2 is 1.55 bits per heavy atom. The van der Waals surface area contributed by atoms with Crippen molar-refractivity contribution < 1.29 is 33.4 Å². The highest BCUT2D eigenvalue weighted by atomic mass is 16.6. The van der Waals surface area contributed by atoms with E-state index in [1.165, 1.54) is 7.05 Å². The molecule has 0 saturated carbocycles. The minimum absolute atomic E-state index is 0.0310. The normalized spacial score (nSPS) is 12.8. The highest BCUT2D eigenvalue weighted by molar-refractivity contribution is 5.90. The largest absolute Gasteiger partial charge is 0.460 e. The van der Waals surface area contributed by atoms with Crippen LogP contribution in [-0.4, -0.2) is 66.8 Å². The molecule has 2 aromatic rings. The molecular weight excluding hydrogens is 542 g/mol. The number of fused-ring (bicyclic) bond motifs is 3. The summed E-state index contributed by atoms with van der Waals surface area (Å²) in [5.41, 5.74) is 11.4. The molecule has 0 spiro atoms. The van der Waals surface area contributed by atoms with Gasteiger partial charge < -0.3 is 25.8 Å². The van der Waals surface area contributed by atoms with E-state index in [0.717, 1.165) is 27.3 Å². The van der Waals surface area contributed by atoms with Crippen molar-refractivity contribution >= 4 is 29.9 Å². The van der Waals surface area contributed by atoms with Crippen LogP contribution in [0.2, 0.25) is 0 Å². The van der Waals surface area contributed by atoms with Gasteiger partial charge in [-0.15, -0.1) is 0 Å². The molecule has 1 aliphatic carbocycles. The van der Waals surface area contributed by atoms with Gasteiger partial charge in [0.1, 0.15) is 18.2 Å². The van der Waals surface area contributed by atoms with Gasteiger partial charge in [-0.1, -0.05) is 48.5 Å². The van der Waals surface area contributed by atoms with Gasteiger partial charge in [-0.25, -0.2) is 15.0 Å². The molecular formula is C30H39N5O7. The van der Waals surface area contributed by atoms with Crippen molar-refractivity contribution in [3.63, 3.8) is 0 Å². The Morgan fingerprint density at radius 1 is 0.952 bits per heavy atom. The number of carbonyl (C=O) groups is 5. The summed E-state index contributed by atoms with van der Waals surface area (Å²) in [5, 5.41) is 5.95. The number of alkyl carbamates (subject to hydrolysis) is 1. The quantitative estimate of drug-likeness (QED) is 0.180. The molecule has 226 valence electrons. The number of hydrogen-bond donors (Lipinski definition) is 4. The standard InChI is InChI=1S/C30H39N5O7/c1-30(2,3)42-26(37)17-24(27(31)38)33-28(39)34-35(4)25(36)15-9-10-16-32-29(40)41-18-23-21-13-7-5-11-19(21)20-12-6-8-14-22(20)23/h5-8,11-14,23-24H,9-10,15-18H2,1-4H3,(H2,31,38)(H,32,40)(H2,33,34,39)/t24-/m0/s1. The Bertz CT molecular complexity index is 1260. The molecule has 1 aliphatic rings. The molecule has 0 fully saturated rings. The molecule has 0 unspecified atom stereocenters. The van der Waals surface area contributed by atoms with Gasteiger partial charge in [-0.2, -0.15) is 0 Å². The Morgan fingerprint density at radius 3 is 2.12 bits per heavy atom. The molecule has 12 heteroatoms. The Kier molecular flexibility index (Phi) is 10.9. The lowest BCUT2D eigenvalue weighted by Gasteiger charge is -2.23. The van der Waals surface area contributed by atoms with E-state index in [2.05, 4.69) is 28.2 Å². The van der Waals surface area contributed by atoms with Crippen LogP contribution in [0.4, 0.5) is 9.59 Å². The number of nitrogens with two attached hydrogens (primary N) is 1. The second-order valence-corrected chi connectivity index (χ2v) is 11.0. The van der Waals surface area contributed by atoms with Crippen LogP contribution in [0.1, 0.15) is 63.5 Å². The number of carbonyl (C=O) groups excluding carboxylic acids is 5. The van der Waals surface area contributed by atoms with Gasteiger partial charge in [0.05, 0.1) is 6.42 Å². The number of benzene rings is 2. The third-order valence-electron chi connectivity index (χ3n) is 6.51. The maximum atomic E-state index is 12.4. The zero-order valence-corrected chi connectivity index (χ0v) is 24.4. The smallest absolute Gasteiger partial charge is 0.407 e. The van der Waals surface area contributed by atoms with E-state index < -0.39 is 48.0 Å². The Hall–Kier alpha value is -4.61. The number of nitrogens with zero attached hydrogens (tertiary/aromatic N) is 1.